The lowest BCUT2D eigenvalue weighted by Crippen LogP contribution is -2.04. The number of aromatic nitrogens is 3. The molecule has 2 aromatic rings. The summed E-state index contributed by atoms with van der Waals surface area (Å²) in [5.41, 5.74) is 8.68. The summed E-state index contributed by atoms with van der Waals surface area (Å²) in [5.74, 6) is 0.613. The third-order valence-corrected chi connectivity index (χ3v) is 2.76. The van der Waals surface area contributed by atoms with Crippen molar-refractivity contribution in [2.75, 3.05) is 5.73 Å². The summed E-state index contributed by atoms with van der Waals surface area (Å²) in [6.07, 6.45) is 1.94. The van der Waals surface area contributed by atoms with Gasteiger partial charge in [0.15, 0.2) is 5.82 Å². The number of benzene rings is 1. The lowest BCUT2D eigenvalue weighted by atomic mass is 10.00. The molecule has 92 valence electrons. The molecule has 1 heterocycles. The fraction of sp³-hybridized carbons (Fsp3) is 0.154. The van der Waals surface area contributed by atoms with Crippen molar-refractivity contribution in [2.45, 2.75) is 13.8 Å². The first-order valence-corrected chi connectivity index (χ1v) is 5.89. The molecule has 4 nitrogen and oxygen atoms in total. The van der Waals surface area contributed by atoms with E-state index in [0.29, 0.717) is 5.82 Å². The number of halogens is 1. The molecule has 0 spiro atoms. The Kier molecular flexibility index (Phi) is 3.58. The number of nitrogen functional groups attached to an aromatic ring is 1. The van der Waals surface area contributed by atoms with Crippen LogP contribution in [0.5, 0.6) is 0 Å². The quantitative estimate of drug-likeness (QED) is 0.902. The van der Waals surface area contributed by atoms with Gasteiger partial charge in [0.1, 0.15) is 0 Å². The molecule has 1 aromatic heterocycles. The molecule has 0 unspecified atom stereocenters. The summed E-state index contributed by atoms with van der Waals surface area (Å²) in [6, 6.07) is 8.00. The fourth-order valence-electron chi connectivity index (χ4n) is 1.77. The van der Waals surface area contributed by atoms with Gasteiger partial charge in [-0.1, -0.05) is 30.3 Å². The van der Waals surface area contributed by atoms with Crippen molar-refractivity contribution in [3.05, 3.63) is 52.6 Å². The molecule has 0 saturated carbocycles. The van der Waals surface area contributed by atoms with E-state index in [0.717, 1.165) is 16.7 Å². The van der Waals surface area contributed by atoms with E-state index in [-0.39, 0.29) is 11.2 Å². The second-order valence-corrected chi connectivity index (χ2v) is 4.14. The van der Waals surface area contributed by atoms with E-state index in [4.69, 9.17) is 17.3 Å². The number of aryl methyl sites for hydroxylation is 1. The van der Waals surface area contributed by atoms with Crippen LogP contribution in [-0.2, 0) is 0 Å². The number of hydrogen-bond donors (Lipinski definition) is 1. The molecule has 0 radical (unpaired) electrons. The molecule has 0 atom stereocenters. The van der Waals surface area contributed by atoms with Gasteiger partial charge in [0.05, 0.1) is 0 Å². The van der Waals surface area contributed by atoms with Crippen LogP contribution < -0.4 is 5.73 Å². The van der Waals surface area contributed by atoms with Crippen LogP contribution in [0.4, 0.5) is 5.95 Å². The SMILES string of the molecule is C/C=C(/c1nc(N)nc(Cl)n1)c1ccccc1C. The average Bonchev–Trinajstić information content (AvgIpc) is 2.31. The number of anilines is 1. The maximum atomic E-state index is 5.81. The van der Waals surface area contributed by atoms with E-state index in [1.807, 2.05) is 44.2 Å². The molecule has 0 aliphatic heterocycles. The Morgan fingerprint density at radius 1 is 1.22 bits per heavy atom. The van der Waals surface area contributed by atoms with Gasteiger partial charge in [0.2, 0.25) is 11.2 Å². The third-order valence-electron chi connectivity index (χ3n) is 2.59. The van der Waals surface area contributed by atoms with E-state index < -0.39 is 0 Å². The van der Waals surface area contributed by atoms with Gasteiger partial charge in [-0.2, -0.15) is 15.0 Å². The summed E-state index contributed by atoms with van der Waals surface area (Å²) in [4.78, 5) is 12.0. The van der Waals surface area contributed by atoms with Crippen LogP contribution in [-0.4, -0.2) is 15.0 Å². The summed E-state index contributed by atoms with van der Waals surface area (Å²) in [6.45, 7) is 3.96. The fourth-order valence-corrected chi connectivity index (χ4v) is 1.93. The van der Waals surface area contributed by atoms with E-state index in [1.54, 1.807) is 0 Å². The summed E-state index contributed by atoms with van der Waals surface area (Å²) >= 11 is 5.81. The van der Waals surface area contributed by atoms with Gasteiger partial charge in [0, 0.05) is 5.57 Å². The number of nitrogens with zero attached hydrogens (tertiary/aromatic N) is 3. The molecule has 0 aliphatic carbocycles. The standard InChI is InChI=1S/C13H13ClN4/c1-3-9(10-7-5-4-6-8(10)2)11-16-12(14)18-13(15)17-11/h3-7H,1-2H3,(H2,15,16,17,18)/b9-3+. The second-order valence-electron chi connectivity index (χ2n) is 3.80. The van der Waals surface area contributed by atoms with Crippen molar-refractivity contribution in [2.24, 2.45) is 0 Å². The first-order valence-electron chi connectivity index (χ1n) is 5.51. The number of allylic oxidation sites excluding steroid dienone is 1. The first kappa shape index (κ1) is 12.5. The summed E-state index contributed by atoms with van der Waals surface area (Å²) in [7, 11) is 0. The largest absolute Gasteiger partial charge is 0.368 e. The molecule has 0 bridgehead atoms. The zero-order valence-electron chi connectivity index (χ0n) is 10.2. The van der Waals surface area contributed by atoms with E-state index >= 15 is 0 Å². The molecule has 1 aromatic carbocycles. The molecular formula is C13H13ClN4. The smallest absolute Gasteiger partial charge is 0.227 e. The van der Waals surface area contributed by atoms with Crippen molar-refractivity contribution in [3.63, 3.8) is 0 Å². The Labute approximate surface area is 111 Å². The van der Waals surface area contributed by atoms with Crippen molar-refractivity contribution >= 4 is 23.1 Å². The molecule has 0 fully saturated rings. The molecule has 5 heteroatoms. The van der Waals surface area contributed by atoms with Gasteiger partial charge < -0.3 is 5.73 Å². The first-order chi connectivity index (χ1) is 8.61. The topological polar surface area (TPSA) is 64.7 Å². The van der Waals surface area contributed by atoms with E-state index in [9.17, 15) is 0 Å². The van der Waals surface area contributed by atoms with Crippen molar-refractivity contribution < 1.29 is 0 Å². The predicted molar refractivity (Wildman–Crippen MR) is 73.2 cm³/mol. The van der Waals surface area contributed by atoms with Crippen LogP contribution in [0.25, 0.3) is 5.57 Å². The van der Waals surface area contributed by atoms with E-state index in [1.165, 1.54) is 0 Å². The lowest BCUT2D eigenvalue weighted by Gasteiger charge is -2.09. The van der Waals surface area contributed by atoms with Crippen LogP contribution in [0, 0.1) is 6.92 Å². The Bertz CT molecular complexity index is 587. The number of hydrogen-bond acceptors (Lipinski definition) is 4. The monoisotopic (exact) mass is 260 g/mol. The van der Waals surface area contributed by atoms with Crippen LogP contribution in [0.2, 0.25) is 5.28 Å². The Morgan fingerprint density at radius 3 is 2.56 bits per heavy atom. The van der Waals surface area contributed by atoms with Gasteiger partial charge >= 0.3 is 0 Å². The Hall–Kier alpha value is -1.94. The maximum absolute atomic E-state index is 5.81. The van der Waals surface area contributed by atoms with Gasteiger partial charge in [-0.25, -0.2) is 0 Å². The summed E-state index contributed by atoms with van der Waals surface area (Å²) in [5, 5.41) is 0.102. The van der Waals surface area contributed by atoms with Crippen molar-refractivity contribution in [1.29, 1.82) is 0 Å². The highest BCUT2D eigenvalue weighted by Gasteiger charge is 2.11. The highest BCUT2D eigenvalue weighted by atomic mass is 35.5. The highest BCUT2D eigenvalue weighted by Crippen LogP contribution is 2.24. The zero-order chi connectivity index (χ0) is 13.1. The third kappa shape index (κ3) is 2.49. The minimum Gasteiger partial charge on any atom is -0.368 e. The molecule has 0 aliphatic rings. The van der Waals surface area contributed by atoms with Gasteiger partial charge in [-0.05, 0) is 36.6 Å². The van der Waals surface area contributed by atoms with E-state index in [2.05, 4.69) is 15.0 Å². The number of rotatable bonds is 2. The highest BCUT2D eigenvalue weighted by molar-refractivity contribution is 6.28. The molecule has 0 amide bonds. The minimum absolute atomic E-state index is 0.102. The van der Waals surface area contributed by atoms with Gasteiger partial charge in [0.25, 0.3) is 0 Å². The van der Waals surface area contributed by atoms with Gasteiger partial charge in [-0.3, -0.25) is 0 Å². The lowest BCUT2D eigenvalue weighted by molar-refractivity contribution is 1.03. The van der Waals surface area contributed by atoms with Crippen LogP contribution in [0.15, 0.2) is 30.3 Å². The second kappa shape index (κ2) is 5.14. The Morgan fingerprint density at radius 2 is 1.94 bits per heavy atom. The molecule has 18 heavy (non-hydrogen) atoms. The number of nitrogens with two attached hydrogens (primary N) is 1. The van der Waals surface area contributed by atoms with Gasteiger partial charge in [-0.15, -0.1) is 0 Å². The predicted octanol–water partition coefficient (Wildman–Crippen LogP) is 2.87. The van der Waals surface area contributed by atoms with Crippen LogP contribution in [0.3, 0.4) is 0 Å². The molecular weight excluding hydrogens is 248 g/mol. The zero-order valence-corrected chi connectivity index (χ0v) is 10.9. The normalized spacial score (nSPS) is 11.6. The Balaban J connectivity index is 2.57. The minimum atomic E-state index is 0.102. The molecule has 0 saturated heterocycles. The summed E-state index contributed by atoms with van der Waals surface area (Å²) < 4.78 is 0. The molecule has 2 rings (SSSR count). The van der Waals surface area contributed by atoms with Crippen molar-refractivity contribution in [1.82, 2.24) is 15.0 Å². The van der Waals surface area contributed by atoms with Crippen LogP contribution in [0.1, 0.15) is 23.9 Å². The van der Waals surface area contributed by atoms with Crippen LogP contribution >= 0.6 is 11.6 Å². The maximum Gasteiger partial charge on any atom is 0.227 e. The molecule has 2 N–H and O–H groups in total. The van der Waals surface area contributed by atoms with Crippen molar-refractivity contribution in [3.8, 4) is 0 Å². The average molecular weight is 261 g/mol.